The summed E-state index contributed by atoms with van der Waals surface area (Å²) < 4.78 is 7.44. The number of benzene rings is 1. The maximum atomic E-state index is 12.9. The van der Waals surface area contributed by atoms with E-state index in [1.807, 2.05) is 6.92 Å². The molecule has 0 saturated carbocycles. The summed E-state index contributed by atoms with van der Waals surface area (Å²) in [6, 6.07) is 5.01. The van der Waals surface area contributed by atoms with E-state index in [4.69, 9.17) is 9.84 Å². The molecule has 0 bridgehead atoms. The molecule has 8 heteroatoms. The third-order valence-electron chi connectivity index (χ3n) is 5.21. The molecule has 1 amide bonds. The van der Waals surface area contributed by atoms with Crippen molar-refractivity contribution in [3.05, 3.63) is 46.0 Å². The lowest BCUT2D eigenvalue weighted by Gasteiger charge is -2.19. The number of aldehydes is 1. The number of hydrogen-bond donors (Lipinski definition) is 2. The first-order chi connectivity index (χ1) is 14.2. The average Bonchev–Trinajstić information content (AvgIpc) is 2.69. The molecule has 8 nitrogen and oxygen atoms in total. The van der Waals surface area contributed by atoms with Gasteiger partial charge in [-0.25, -0.2) is 4.79 Å². The Morgan fingerprint density at radius 1 is 1.33 bits per heavy atom. The van der Waals surface area contributed by atoms with Crippen LogP contribution in [0.15, 0.2) is 29.2 Å². The number of carboxylic acid groups (broad SMARTS) is 1. The van der Waals surface area contributed by atoms with E-state index in [1.54, 1.807) is 45.3 Å². The van der Waals surface area contributed by atoms with E-state index < -0.39 is 6.09 Å². The van der Waals surface area contributed by atoms with Crippen molar-refractivity contribution < 1.29 is 19.4 Å². The Morgan fingerprint density at radius 3 is 2.73 bits per heavy atom. The van der Waals surface area contributed by atoms with E-state index >= 15 is 0 Å². The maximum absolute atomic E-state index is 12.9. The molecule has 30 heavy (non-hydrogen) atoms. The van der Waals surface area contributed by atoms with Gasteiger partial charge in [-0.1, -0.05) is 6.92 Å². The van der Waals surface area contributed by atoms with Gasteiger partial charge in [-0.3, -0.25) is 14.6 Å². The van der Waals surface area contributed by atoms with Gasteiger partial charge in [0, 0.05) is 30.7 Å². The molecule has 2 N–H and O–H groups in total. The van der Waals surface area contributed by atoms with E-state index in [1.165, 1.54) is 4.57 Å². The summed E-state index contributed by atoms with van der Waals surface area (Å²) in [5.74, 6) is 0.444. The van der Waals surface area contributed by atoms with Crippen LogP contribution in [-0.2, 0) is 7.05 Å². The number of hydrogen-bond acceptors (Lipinski definition) is 5. The second-order valence-corrected chi connectivity index (χ2v) is 7.71. The number of fused-ring (bicyclic) bond motifs is 3. The molecule has 2 unspecified atom stereocenters. The molecule has 2 atom stereocenters. The molecule has 158 valence electrons. The molecule has 0 aliphatic carbocycles. The summed E-state index contributed by atoms with van der Waals surface area (Å²) in [7, 11) is 1.68. The minimum absolute atomic E-state index is 0.0520. The number of aryl methyl sites for hydroxylation is 2. The highest BCUT2D eigenvalue weighted by Crippen LogP contribution is 2.30. The number of ether oxygens (including phenoxy) is 1. The van der Waals surface area contributed by atoms with E-state index in [-0.39, 0.29) is 17.5 Å². The van der Waals surface area contributed by atoms with Crippen molar-refractivity contribution in [1.82, 2.24) is 14.9 Å². The van der Waals surface area contributed by atoms with Gasteiger partial charge < -0.3 is 19.7 Å². The Hall–Kier alpha value is -3.42. The van der Waals surface area contributed by atoms with E-state index in [9.17, 15) is 14.4 Å². The van der Waals surface area contributed by atoms with Crippen LogP contribution in [0.5, 0.6) is 5.75 Å². The summed E-state index contributed by atoms with van der Waals surface area (Å²) in [4.78, 5) is 39.6. The number of amides is 1. The van der Waals surface area contributed by atoms with Crippen molar-refractivity contribution in [2.45, 2.75) is 33.2 Å². The lowest BCUT2D eigenvalue weighted by atomic mass is 10.0. The first-order valence-electron chi connectivity index (χ1n) is 9.72. The van der Waals surface area contributed by atoms with Gasteiger partial charge in [-0.05, 0) is 43.7 Å². The van der Waals surface area contributed by atoms with Gasteiger partial charge in [0.15, 0.2) is 6.29 Å². The fourth-order valence-electron chi connectivity index (χ4n) is 3.81. The first kappa shape index (κ1) is 21.3. The number of rotatable bonds is 7. The standard InChI is InChI=1S/C22H25N3O5/c1-12(7-13(2)24-22(28)29)11-30-19-9-18-17(8-15(19)10-26)16-5-6-23-14(3)20(16)21(27)25(18)4/h5-6,8-10,12-13,24H,7,11H2,1-4H3,(H,28,29). The smallest absolute Gasteiger partial charge is 0.404 e. The molecular weight excluding hydrogens is 386 g/mol. The van der Waals surface area contributed by atoms with Crippen molar-refractivity contribution in [2.24, 2.45) is 13.0 Å². The summed E-state index contributed by atoms with van der Waals surface area (Å²) in [6.07, 6.45) is 1.91. The molecule has 0 radical (unpaired) electrons. The van der Waals surface area contributed by atoms with Crippen LogP contribution in [0.25, 0.3) is 21.7 Å². The Balaban J connectivity index is 1.98. The monoisotopic (exact) mass is 411 g/mol. The van der Waals surface area contributed by atoms with Crippen LogP contribution in [0.1, 0.15) is 36.3 Å². The largest absolute Gasteiger partial charge is 0.492 e. The topological polar surface area (TPSA) is 111 Å². The van der Waals surface area contributed by atoms with Crippen LogP contribution in [0.2, 0.25) is 0 Å². The Labute approximate surface area is 173 Å². The molecule has 0 saturated heterocycles. The van der Waals surface area contributed by atoms with Crippen molar-refractivity contribution >= 4 is 34.1 Å². The van der Waals surface area contributed by atoms with Gasteiger partial charge in [0.25, 0.3) is 5.56 Å². The molecule has 2 heterocycles. The van der Waals surface area contributed by atoms with Gasteiger partial charge in [-0.15, -0.1) is 0 Å². The number of aromatic nitrogens is 2. The van der Waals surface area contributed by atoms with Crippen LogP contribution in [-0.4, -0.2) is 39.7 Å². The molecule has 0 aliphatic heterocycles. The first-order valence-corrected chi connectivity index (χ1v) is 9.72. The Morgan fingerprint density at radius 2 is 2.07 bits per heavy atom. The highest BCUT2D eigenvalue weighted by molar-refractivity contribution is 6.08. The molecule has 1 aromatic carbocycles. The van der Waals surface area contributed by atoms with Crippen molar-refractivity contribution in [1.29, 1.82) is 0 Å². The summed E-state index contributed by atoms with van der Waals surface area (Å²) in [5.41, 5.74) is 1.53. The van der Waals surface area contributed by atoms with Gasteiger partial charge in [0.2, 0.25) is 0 Å². The summed E-state index contributed by atoms with van der Waals surface area (Å²) in [5, 5.41) is 13.3. The molecule has 0 spiro atoms. The molecule has 0 aliphatic rings. The highest BCUT2D eigenvalue weighted by Gasteiger charge is 2.16. The van der Waals surface area contributed by atoms with Crippen molar-refractivity contribution in [2.75, 3.05) is 6.61 Å². The summed E-state index contributed by atoms with van der Waals surface area (Å²) in [6.45, 7) is 5.83. The molecule has 3 aromatic rings. The quantitative estimate of drug-likeness (QED) is 0.456. The van der Waals surface area contributed by atoms with Gasteiger partial charge >= 0.3 is 6.09 Å². The third-order valence-corrected chi connectivity index (χ3v) is 5.21. The minimum atomic E-state index is -1.06. The Kier molecular flexibility index (Phi) is 6.05. The minimum Gasteiger partial charge on any atom is -0.492 e. The van der Waals surface area contributed by atoms with Crippen molar-refractivity contribution in [3.8, 4) is 5.75 Å². The maximum Gasteiger partial charge on any atom is 0.404 e. The zero-order valence-electron chi connectivity index (χ0n) is 17.4. The fourth-order valence-corrected chi connectivity index (χ4v) is 3.81. The lowest BCUT2D eigenvalue weighted by molar-refractivity contribution is 0.111. The number of nitrogens with one attached hydrogen (secondary N) is 1. The van der Waals surface area contributed by atoms with Crippen LogP contribution in [0.4, 0.5) is 4.79 Å². The number of carbonyl (C=O) groups excluding carboxylic acids is 1. The van der Waals surface area contributed by atoms with Crippen molar-refractivity contribution in [3.63, 3.8) is 0 Å². The highest BCUT2D eigenvalue weighted by atomic mass is 16.5. The fraction of sp³-hybridized carbons (Fsp3) is 0.364. The van der Waals surface area contributed by atoms with Gasteiger partial charge in [0.05, 0.1) is 28.8 Å². The van der Waals surface area contributed by atoms with Gasteiger partial charge in [0.1, 0.15) is 5.75 Å². The molecule has 3 rings (SSSR count). The van der Waals surface area contributed by atoms with Crippen LogP contribution in [0, 0.1) is 12.8 Å². The zero-order chi connectivity index (χ0) is 22.0. The van der Waals surface area contributed by atoms with Crippen LogP contribution < -0.4 is 15.6 Å². The van der Waals surface area contributed by atoms with Gasteiger partial charge in [-0.2, -0.15) is 0 Å². The van der Waals surface area contributed by atoms with Crippen LogP contribution in [0.3, 0.4) is 0 Å². The third kappa shape index (κ3) is 4.12. The lowest BCUT2D eigenvalue weighted by Crippen LogP contribution is -2.33. The number of pyridine rings is 2. The second kappa shape index (κ2) is 8.52. The second-order valence-electron chi connectivity index (χ2n) is 7.71. The number of nitrogens with zero attached hydrogens (tertiary/aromatic N) is 2. The predicted molar refractivity (Wildman–Crippen MR) is 115 cm³/mol. The number of carbonyl (C=O) groups is 2. The summed E-state index contributed by atoms with van der Waals surface area (Å²) >= 11 is 0. The average molecular weight is 411 g/mol. The normalized spacial score (nSPS) is 13.2. The molecular formula is C22H25N3O5. The van der Waals surface area contributed by atoms with E-state index in [0.717, 1.165) is 17.1 Å². The SMILES string of the molecule is Cc1nccc2c1c(=O)n(C)c1cc(OCC(C)CC(C)NC(=O)O)c(C=O)cc21. The predicted octanol–water partition coefficient (Wildman–Crippen LogP) is 3.27. The Bertz CT molecular complexity index is 1190. The van der Waals surface area contributed by atoms with E-state index in [2.05, 4.69) is 10.3 Å². The van der Waals surface area contributed by atoms with Crippen LogP contribution >= 0.6 is 0 Å². The molecule has 2 aromatic heterocycles. The zero-order valence-corrected chi connectivity index (χ0v) is 17.4. The molecule has 0 fully saturated rings. The van der Waals surface area contributed by atoms with E-state index in [0.29, 0.717) is 40.9 Å².